The lowest BCUT2D eigenvalue weighted by molar-refractivity contribution is -0.117. The van der Waals surface area contributed by atoms with Crippen molar-refractivity contribution in [2.75, 3.05) is 24.5 Å². The SMILES string of the molecule is Cc1ccccc1C1(O)CCN(C(=O)c2ccc(N3CC(=O)NC3=O)cc2)C1. The number of β-amino-alcohol motifs (C(OH)–C–C–N with tert-alkyl or cyclic N) is 1. The molecule has 0 radical (unpaired) electrons. The number of aliphatic hydroxyl groups is 1. The van der Waals surface area contributed by atoms with Crippen LogP contribution in [0.3, 0.4) is 0 Å². The van der Waals surface area contributed by atoms with Gasteiger partial charge in [0.05, 0.1) is 6.54 Å². The summed E-state index contributed by atoms with van der Waals surface area (Å²) in [6.07, 6.45) is 0.484. The molecular weight excluding hydrogens is 358 g/mol. The molecule has 1 unspecified atom stereocenters. The molecule has 0 saturated carbocycles. The Hall–Kier alpha value is -3.19. The zero-order valence-corrected chi connectivity index (χ0v) is 15.5. The Morgan fingerprint density at radius 1 is 1.11 bits per heavy atom. The fourth-order valence-electron chi connectivity index (χ4n) is 3.90. The van der Waals surface area contributed by atoms with Crippen LogP contribution >= 0.6 is 0 Å². The molecule has 2 heterocycles. The second-order valence-corrected chi connectivity index (χ2v) is 7.31. The molecular formula is C21H21N3O4. The third-order valence-corrected chi connectivity index (χ3v) is 5.40. The van der Waals surface area contributed by atoms with Crippen LogP contribution in [0.25, 0.3) is 0 Å². The van der Waals surface area contributed by atoms with Crippen molar-refractivity contribution in [1.82, 2.24) is 10.2 Å². The summed E-state index contributed by atoms with van der Waals surface area (Å²) >= 11 is 0. The van der Waals surface area contributed by atoms with Gasteiger partial charge in [0.2, 0.25) is 5.91 Å². The molecule has 0 aromatic heterocycles. The summed E-state index contributed by atoms with van der Waals surface area (Å²) in [6, 6.07) is 13.8. The minimum atomic E-state index is -1.05. The molecule has 2 aliphatic rings. The number of nitrogens with zero attached hydrogens (tertiary/aromatic N) is 2. The van der Waals surface area contributed by atoms with E-state index in [9.17, 15) is 19.5 Å². The number of likely N-dealkylation sites (tertiary alicyclic amines) is 1. The number of benzene rings is 2. The van der Waals surface area contributed by atoms with Crippen LogP contribution < -0.4 is 10.2 Å². The highest BCUT2D eigenvalue weighted by atomic mass is 16.3. The number of imide groups is 1. The predicted molar refractivity (Wildman–Crippen MR) is 103 cm³/mol. The van der Waals surface area contributed by atoms with E-state index in [4.69, 9.17) is 0 Å². The first-order valence-electron chi connectivity index (χ1n) is 9.16. The maximum Gasteiger partial charge on any atom is 0.329 e. The van der Waals surface area contributed by atoms with E-state index in [2.05, 4.69) is 5.32 Å². The van der Waals surface area contributed by atoms with E-state index >= 15 is 0 Å². The molecule has 2 aromatic rings. The van der Waals surface area contributed by atoms with Gasteiger partial charge in [0.1, 0.15) is 12.1 Å². The Balaban J connectivity index is 1.49. The second-order valence-electron chi connectivity index (χ2n) is 7.31. The van der Waals surface area contributed by atoms with Gasteiger partial charge in [-0.15, -0.1) is 0 Å². The van der Waals surface area contributed by atoms with Crippen molar-refractivity contribution in [3.05, 3.63) is 65.2 Å². The van der Waals surface area contributed by atoms with Crippen LogP contribution in [0.2, 0.25) is 0 Å². The smallest absolute Gasteiger partial charge is 0.329 e. The van der Waals surface area contributed by atoms with Gasteiger partial charge in [0, 0.05) is 17.8 Å². The summed E-state index contributed by atoms with van der Waals surface area (Å²) in [4.78, 5) is 38.9. The van der Waals surface area contributed by atoms with E-state index in [1.165, 1.54) is 4.90 Å². The van der Waals surface area contributed by atoms with E-state index in [0.717, 1.165) is 11.1 Å². The van der Waals surface area contributed by atoms with E-state index < -0.39 is 11.6 Å². The molecule has 0 spiro atoms. The Kier molecular flexibility index (Phi) is 4.39. The molecule has 2 N–H and O–H groups in total. The number of carbonyl (C=O) groups is 3. The van der Waals surface area contributed by atoms with Crippen LogP contribution in [0.15, 0.2) is 48.5 Å². The van der Waals surface area contributed by atoms with Crippen molar-refractivity contribution in [2.24, 2.45) is 0 Å². The molecule has 2 saturated heterocycles. The predicted octanol–water partition coefficient (Wildman–Crippen LogP) is 1.78. The van der Waals surface area contributed by atoms with Gasteiger partial charge in [-0.1, -0.05) is 24.3 Å². The Bertz CT molecular complexity index is 956. The molecule has 7 nitrogen and oxygen atoms in total. The molecule has 1 atom stereocenters. The first kappa shape index (κ1) is 18.2. The molecule has 0 aliphatic carbocycles. The minimum Gasteiger partial charge on any atom is -0.383 e. The zero-order valence-electron chi connectivity index (χ0n) is 15.5. The Morgan fingerprint density at radius 2 is 1.82 bits per heavy atom. The van der Waals surface area contributed by atoms with E-state index in [1.807, 2.05) is 31.2 Å². The monoisotopic (exact) mass is 379 g/mol. The van der Waals surface area contributed by atoms with Gasteiger partial charge in [0.15, 0.2) is 0 Å². The molecule has 144 valence electrons. The molecule has 2 fully saturated rings. The summed E-state index contributed by atoms with van der Waals surface area (Å²) in [5.74, 6) is -0.518. The molecule has 0 bridgehead atoms. The zero-order chi connectivity index (χ0) is 19.9. The number of hydrogen-bond donors (Lipinski definition) is 2. The highest BCUT2D eigenvalue weighted by Gasteiger charge is 2.40. The third-order valence-electron chi connectivity index (χ3n) is 5.40. The molecule has 2 aliphatic heterocycles. The first-order valence-corrected chi connectivity index (χ1v) is 9.16. The van der Waals surface area contributed by atoms with E-state index in [0.29, 0.717) is 24.2 Å². The van der Waals surface area contributed by atoms with Crippen LogP contribution in [-0.2, 0) is 10.4 Å². The lowest BCUT2D eigenvalue weighted by Crippen LogP contribution is -2.34. The average Bonchev–Trinajstić information content (AvgIpc) is 3.24. The van der Waals surface area contributed by atoms with Gasteiger partial charge in [-0.05, 0) is 48.7 Å². The van der Waals surface area contributed by atoms with Crippen LogP contribution in [0.5, 0.6) is 0 Å². The maximum absolute atomic E-state index is 12.9. The van der Waals surface area contributed by atoms with E-state index in [1.54, 1.807) is 29.2 Å². The maximum atomic E-state index is 12.9. The van der Waals surface area contributed by atoms with Crippen LogP contribution in [0.4, 0.5) is 10.5 Å². The Labute approximate surface area is 162 Å². The number of aryl methyl sites for hydroxylation is 1. The van der Waals surface area contributed by atoms with Gasteiger partial charge in [-0.3, -0.25) is 19.8 Å². The van der Waals surface area contributed by atoms with Crippen LogP contribution in [0, 0.1) is 6.92 Å². The van der Waals surface area contributed by atoms with Gasteiger partial charge < -0.3 is 10.0 Å². The highest BCUT2D eigenvalue weighted by Crippen LogP contribution is 2.34. The fourth-order valence-corrected chi connectivity index (χ4v) is 3.90. The number of carbonyl (C=O) groups excluding carboxylic acids is 3. The Morgan fingerprint density at radius 3 is 2.46 bits per heavy atom. The summed E-state index contributed by atoms with van der Waals surface area (Å²) in [5.41, 5.74) is 1.84. The summed E-state index contributed by atoms with van der Waals surface area (Å²) in [6.45, 7) is 2.63. The lowest BCUT2D eigenvalue weighted by Gasteiger charge is -2.25. The number of amides is 4. The van der Waals surface area contributed by atoms with Crippen molar-refractivity contribution in [3.8, 4) is 0 Å². The largest absolute Gasteiger partial charge is 0.383 e. The molecule has 2 aromatic carbocycles. The fraction of sp³-hybridized carbons (Fsp3) is 0.286. The van der Waals surface area contributed by atoms with Crippen LogP contribution in [-0.4, -0.2) is 47.5 Å². The number of anilines is 1. The normalized spacial score (nSPS) is 21.9. The van der Waals surface area contributed by atoms with Gasteiger partial charge in [0.25, 0.3) is 5.91 Å². The number of urea groups is 1. The topological polar surface area (TPSA) is 89.9 Å². The molecule has 4 rings (SSSR count). The van der Waals surface area contributed by atoms with Crippen molar-refractivity contribution in [1.29, 1.82) is 0 Å². The summed E-state index contributed by atoms with van der Waals surface area (Å²) in [5, 5.41) is 13.3. The number of hydrogen-bond acceptors (Lipinski definition) is 4. The van der Waals surface area contributed by atoms with Gasteiger partial charge in [-0.25, -0.2) is 4.79 Å². The first-order chi connectivity index (χ1) is 13.4. The lowest BCUT2D eigenvalue weighted by atomic mass is 9.89. The third kappa shape index (κ3) is 3.14. The summed E-state index contributed by atoms with van der Waals surface area (Å²) < 4.78 is 0. The van der Waals surface area contributed by atoms with Crippen molar-refractivity contribution >= 4 is 23.5 Å². The van der Waals surface area contributed by atoms with Crippen LogP contribution in [0.1, 0.15) is 27.9 Å². The molecule has 28 heavy (non-hydrogen) atoms. The van der Waals surface area contributed by atoms with Gasteiger partial charge >= 0.3 is 6.03 Å². The van der Waals surface area contributed by atoms with Crippen molar-refractivity contribution in [2.45, 2.75) is 18.9 Å². The van der Waals surface area contributed by atoms with Crippen molar-refractivity contribution in [3.63, 3.8) is 0 Å². The number of rotatable bonds is 3. The quantitative estimate of drug-likeness (QED) is 0.796. The van der Waals surface area contributed by atoms with E-state index in [-0.39, 0.29) is 24.9 Å². The molecule has 7 heteroatoms. The summed E-state index contributed by atoms with van der Waals surface area (Å²) in [7, 11) is 0. The highest BCUT2D eigenvalue weighted by molar-refractivity contribution is 6.12. The average molecular weight is 379 g/mol. The standard InChI is InChI=1S/C21H21N3O4/c1-14-4-2-3-5-17(14)21(28)10-11-23(13-21)19(26)15-6-8-16(9-7-15)24-12-18(25)22-20(24)27/h2-9,28H,10-13H2,1H3,(H,22,25,27). The minimum absolute atomic E-state index is 0.0261. The second kappa shape index (κ2) is 6.76. The molecule has 4 amide bonds. The number of nitrogens with one attached hydrogen (secondary N) is 1. The van der Waals surface area contributed by atoms with Crippen molar-refractivity contribution < 1.29 is 19.5 Å². The van der Waals surface area contributed by atoms with Gasteiger partial charge in [-0.2, -0.15) is 0 Å².